The molecular formula is C34H36O9. The number of hydrogen-bond acceptors (Lipinski definition) is 9. The van der Waals surface area contributed by atoms with Crippen LogP contribution in [-0.2, 0) is 9.53 Å². The van der Waals surface area contributed by atoms with Gasteiger partial charge in [0.2, 0.25) is 0 Å². The topological polar surface area (TPSA) is 114 Å². The predicted octanol–water partition coefficient (Wildman–Crippen LogP) is 6.78. The Bertz CT molecular complexity index is 1360. The van der Waals surface area contributed by atoms with E-state index in [1.165, 1.54) is 18.2 Å². The summed E-state index contributed by atoms with van der Waals surface area (Å²) in [6.45, 7) is 6.91. The zero-order chi connectivity index (χ0) is 30.9. The summed E-state index contributed by atoms with van der Waals surface area (Å²) in [7, 11) is 0. The number of benzene rings is 3. The zero-order valence-electron chi connectivity index (χ0n) is 24.3. The van der Waals surface area contributed by atoms with Gasteiger partial charge in [-0.3, -0.25) is 4.79 Å². The summed E-state index contributed by atoms with van der Waals surface area (Å²) in [5, 5.41) is 0. The largest absolute Gasteiger partial charge is 0.494 e. The lowest BCUT2D eigenvalue weighted by atomic mass is 10.2. The van der Waals surface area contributed by atoms with Gasteiger partial charge in [0, 0.05) is 6.08 Å². The highest BCUT2D eigenvalue weighted by Crippen LogP contribution is 2.25. The summed E-state index contributed by atoms with van der Waals surface area (Å²) in [6.07, 6.45) is 7.08. The third-order valence-electron chi connectivity index (χ3n) is 6.19. The van der Waals surface area contributed by atoms with Crippen LogP contribution in [0.2, 0.25) is 0 Å². The number of carbonyl (C=O) groups is 4. The number of aldehydes is 1. The molecule has 0 spiro atoms. The standard InChI is InChI=1S/C34H36O9/c1-3-5-20-39-28-14-10-25(11-15-28)33(37)42-30-18-19-31(27(23-30)24-35)43-34(38)26-12-16-29(17-13-26)40-21-8-6-7-9-22-41-32(36)4-2/h4,10-19,23-24H,2-3,5-9,20-22H2,1H3. The lowest BCUT2D eigenvalue weighted by molar-refractivity contribution is -0.137. The molecule has 0 heterocycles. The zero-order valence-corrected chi connectivity index (χ0v) is 24.3. The van der Waals surface area contributed by atoms with Gasteiger partial charge < -0.3 is 23.7 Å². The molecule has 0 aliphatic rings. The van der Waals surface area contributed by atoms with Crippen LogP contribution in [-0.4, -0.2) is 44.0 Å². The molecule has 0 saturated heterocycles. The Hall–Kier alpha value is -4.92. The third-order valence-corrected chi connectivity index (χ3v) is 6.19. The Labute approximate surface area is 251 Å². The smallest absolute Gasteiger partial charge is 0.343 e. The quantitative estimate of drug-likeness (QED) is 0.0521. The summed E-state index contributed by atoms with van der Waals surface area (Å²) in [5.41, 5.74) is 0.648. The first-order valence-corrected chi connectivity index (χ1v) is 14.2. The van der Waals surface area contributed by atoms with E-state index in [1.807, 2.05) is 0 Å². The van der Waals surface area contributed by atoms with Gasteiger partial charge in [0.05, 0.1) is 36.5 Å². The van der Waals surface area contributed by atoms with Crippen molar-refractivity contribution >= 4 is 24.2 Å². The Morgan fingerprint density at radius 2 is 1.21 bits per heavy atom. The van der Waals surface area contributed by atoms with Crippen molar-refractivity contribution in [2.45, 2.75) is 45.4 Å². The van der Waals surface area contributed by atoms with E-state index in [-0.39, 0.29) is 22.6 Å². The second-order valence-corrected chi connectivity index (χ2v) is 9.48. The SMILES string of the molecule is C=CC(=O)OCCCCCCOc1ccc(C(=O)Oc2ccc(OC(=O)c3ccc(OCCCC)cc3)cc2C=O)cc1. The molecule has 3 rings (SSSR count). The fraction of sp³-hybridized carbons (Fsp3) is 0.294. The van der Waals surface area contributed by atoms with Crippen LogP contribution in [0.25, 0.3) is 0 Å². The van der Waals surface area contributed by atoms with Crippen LogP contribution in [0.15, 0.2) is 79.4 Å². The average molecular weight is 589 g/mol. The molecule has 0 bridgehead atoms. The number of hydrogen-bond donors (Lipinski definition) is 0. The van der Waals surface area contributed by atoms with Crippen molar-refractivity contribution in [2.24, 2.45) is 0 Å². The van der Waals surface area contributed by atoms with Crippen molar-refractivity contribution < 1.29 is 42.9 Å². The van der Waals surface area contributed by atoms with Gasteiger partial charge in [-0.1, -0.05) is 19.9 Å². The molecule has 0 unspecified atom stereocenters. The fourth-order valence-electron chi connectivity index (χ4n) is 3.79. The molecule has 9 heteroatoms. The maximum absolute atomic E-state index is 12.7. The molecule has 43 heavy (non-hydrogen) atoms. The van der Waals surface area contributed by atoms with Crippen LogP contribution < -0.4 is 18.9 Å². The normalized spacial score (nSPS) is 10.3. The van der Waals surface area contributed by atoms with Crippen LogP contribution in [0.1, 0.15) is 76.5 Å². The fourth-order valence-corrected chi connectivity index (χ4v) is 3.79. The van der Waals surface area contributed by atoms with E-state index in [2.05, 4.69) is 13.5 Å². The van der Waals surface area contributed by atoms with Gasteiger partial charge in [0.25, 0.3) is 0 Å². The van der Waals surface area contributed by atoms with Gasteiger partial charge in [-0.25, -0.2) is 14.4 Å². The Kier molecular flexibility index (Phi) is 13.5. The molecule has 226 valence electrons. The first-order valence-electron chi connectivity index (χ1n) is 14.2. The van der Waals surface area contributed by atoms with Crippen LogP contribution in [0.4, 0.5) is 0 Å². The van der Waals surface area contributed by atoms with Crippen molar-refractivity contribution in [3.8, 4) is 23.0 Å². The van der Waals surface area contributed by atoms with E-state index < -0.39 is 17.9 Å². The maximum Gasteiger partial charge on any atom is 0.343 e. The number of ether oxygens (including phenoxy) is 5. The molecule has 0 radical (unpaired) electrons. The van der Waals surface area contributed by atoms with Gasteiger partial charge in [0.15, 0.2) is 6.29 Å². The van der Waals surface area contributed by atoms with Gasteiger partial charge in [-0.15, -0.1) is 0 Å². The highest BCUT2D eigenvalue weighted by molar-refractivity contribution is 5.93. The van der Waals surface area contributed by atoms with E-state index in [4.69, 9.17) is 23.7 Å². The molecule has 0 amide bonds. The number of esters is 3. The van der Waals surface area contributed by atoms with E-state index in [1.54, 1.807) is 48.5 Å². The predicted molar refractivity (Wildman–Crippen MR) is 160 cm³/mol. The van der Waals surface area contributed by atoms with Crippen molar-refractivity contribution in [2.75, 3.05) is 19.8 Å². The molecule has 9 nitrogen and oxygen atoms in total. The highest BCUT2D eigenvalue weighted by atomic mass is 16.5. The van der Waals surface area contributed by atoms with Crippen molar-refractivity contribution in [1.82, 2.24) is 0 Å². The first kappa shape index (κ1) is 32.6. The summed E-state index contributed by atoms with van der Waals surface area (Å²) in [4.78, 5) is 47.9. The van der Waals surface area contributed by atoms with Crippen LogP contribution in [0.5, 0.6) is 23.0 Å². The summed E-state index contributed by atoms with van der Waals surface area (Å²) in [6, 6.07) is 17.2. The van der Waals surface area contributed by atoms with Gasteiger partial charge in [-0.05, 0) is 98.8 Å². The van der Waals surface area contributed by atoms with Gasteiger partial charge in [0.1, 0.15) is 23.0 Å². The van der Waals surface area contributed by atoms with Crippen LogP contribution in [0, 0.1) is 0 Å². The van der Waals surface area contributed by atoms with Crippen molar-refractivity contribution in [3.63, 3.8) is 0 Å². The number of rotatable bonds is 18. The third kappa shape index (κ3) is 11.1. The molecular weight excluding hydrogens is 552 g/mol. The Balaban J connectivity index is 1.46. The van der Waals surface area contributed by atoms with Crippen LogP contribution >= 0.6 is 0 Å². The Morgan fingerprint density at radius 3 is 1.77 bits per heavy atom. The number of carbonyl (C=O) groups excluding carboxylic acids is 4. The molecule has 0 aliphatic heterocycles. The summed E-state index contributed by atoms with van der Waals surface area (Å²) >= 11 is 0. The maximum atomic E-state index is 12.7. The van der Waals surface area contributed by atoms with Gasteiger partial charge >= 0.3 is 17.9 Å². The molecule has 3 aromatic rings. The monoisotopic (exact) mass is 588 g/mol. The molecule has 0 N–H and O–H groups in total. The Morgan fingerprint density at radius 1 is 0.674 bits per heavy atom. The summed E-state index contributed by atoms with van der Waals surface area (Å²) in [5.74, 6) is -0.234. The lowest BCUT2D eigenvalue weighted by Crippen LogP contribution is -2.11. The van der Waals surface area contributed by atoms with Crippen LogP contribution in [0.3, 0.4) is 0 Å². The first-order chi connectivity index (χ1) is 20.9. The number of unbranched alkanes of at least 4 members (excludes halogenated alkanes) is 4. The lowest BCUT2D eigenvalue weighted by Gasteiger charge is -2.10. The molecule has 0 saturated carbocycles. The minimum atomic E-state index is -0.655. The highest BCUT2D eigenvalue weighted by Gasteiger charge is 2.15. The van der Waals surface area contributed by atoms with Gasteiger partial charge in [-0.2, -0.15) is 0 Å². The second-order valence-electron chi connectivity index (χ2n) is 9.48. The second kappa shape index (κ2) is 17.8. The molecule has 0 aliphatic carbocycles. The van der Waals surface area contributed by atoms with E-state index in [9.17, 15) is 19.2 Å². The van der Waals surface area contributed by atoms with E-state index in [0.29, 0.717) is 43.2 Å². The molecule has 3 aromatic carbocycles. The molecule has 0 atom stereocenters. The average Bonchev–Trinajstić information content (AvgIpc) is 3.03. The minimum Gasteiger partial charge on any atom is -0.494 e. The van der Waals surface area contributed by atoms with E-state index in [0.717, 1.165) is 44.6 Å². The molecule has 0 fully saturated rings. The van der Waals surface area contributed by atoms with Crippen molar-refractivity contribution in [1.29, 1.82) is 0 Å². The van der Waals surface area contributed by atoms with Crippen molar-refractivity contribution in [3.05, 3.63) is 96.1 Å². The summed E-state index contributed by atoms with van der Waals surface area (Å²) < 4.78 is 27.1. The minimum absolute atomic E-state index is 0.0352. The molecule has 0 aromatic heterocycles. The van der Waals surface area contributed by atoms with E-state index >= 15 is 0 Å².